The molecule has 2 unspecified atom stereocenters. The first-order valence-electron chi connectivity index (χ1n) is 26.2. The van der Waals surface area contributed by atoms with E-state index >= 15 is 0 Å². The number of phosphoric acid groups is 1. The molecule has 0 fully saturated rings. The highest BCUT2D eigenvalue weighted by molar-refractivity contribution is 7.47. The van der Waals surface area contributed by atoms with Gasteiger partial charge in [0.2, 0.25) is 0 Å². The van der Waals surface area contributed by atoms with Gasteiger partial charge in [0.25, 0.3) is 0 Å². The zero-order chi connectivity index (χ0) is 46.4. The van der Waals surface area contributed by atoms with E-state index in [1.807, 2.05) is 21.1 Å². The van der Waals surface area contributed by atoms with Gasteiger partial charge in [-0.3, -0.25) is 18.6 Å². The van der Waals surface area contributed by atoms with Crippen LogP contribution in [0.1, 0.15) is 239 Å². The lowest BCUT2D eigenvalue weighted by molar-refractivity contribution is -0.870. The summed E-state index contributed by atoms with van der Waals surface area (Å²) < 4.78 is 34.5. The van der Waals surface area contributed by atoms with E-state index in [0.29, 0.717) is 23.9 Å². The number of nitrogens with zero attached hydrogens (tertiary/aromatic N) is 1. The smallest absolute Gasteiger partial charge is 0.462 e. The van der Waals surface area contributed by atoms with Crippen molar-refractivity contribution in [3.05, 3.63) is 36.5 Å². The second-order valence-electron chi connectivity index (χ2n) is 18.9. The van der Waals surface area contributed by atoms with Crippen LogP contribution in [0.3, 0.4) is 0 Å². The number of rotatable bonds is 48. The Morgan fingerprint density at radius 1 is 0.492 bits per heavy atom. The quantitative estimate of drug-likeness (QED) is 0.0211. The summed E-state index contributed by atoms with van der Waals surface area (Å²) in [5.41, 5.74) is 0. The Morgan fingerprint density at radius 3 is 1.27 bits per heavy atom. The van der Waals surface area contributed by atoms with Crippen molar-refractivity contribution in [1.29, 1.82) is 0 Å². The van der Waals surface area contributed by atoms with Crippen LogP contribution in [-0.2, 0) is 32.7 Å². The molecule has 0 radical (unpaired) electrons. The van der Waals surface area contributed by atoms with Crippen molar-refractivity contribution < 1.29 is 42.1 Å². The fourth-order valence-corrected chi connectivity index (χ4v) is 8.06. The number of likely N-dealkylation sites (N-methyl/N-ethyl adjacent to an activating group) is 1. The van der Waals surface area contributed by atoms with Gasteiger partial charge in [0, 0.05) is 12.8 Å². The highest BCUT2D eigenvalue weighted by atomic mass is 31.2. The number of unbranched alkanes of at least 4 members (excludes halogenated alkanes) is 28. The van der Waals surface area contributed by atoms with Crippen LogP contribution < -0.4 is 0 Å². The molecule has 2 atom stereocenters. The number of esters is 2. The monoisotopic (exact) mass is 911 g/mol. The van der Waals surface area contributed by atoms with Crippen molar-refractivity contribution in [3.63, 3.8) is 0 Å². The Balaban J connectivity index is 4.24. The maximum Gasteiger partial charge on any atom is 0.472 e. The van der Waals surface area contributed by atoms with Crippen LogP contribution in [0.4, 0.5) is 0 Å². The SMILES string of the molecule is CCCCCCC/C=C\C/C=C\C/C=C\CCCCCCCCCCC(=O)OC(COC(=O)CCCCCCCCCCCCCCCCCC)COP(=O)(O)OCC[N+](C)(C)C. The molecule has 0 aliphatic rings. The van der Waals surface area contributed by atoms with E-state index in [-0.39, 0.29) is 25.6 Å². The normalized spacial score (nSPS) is 13.7. The first-order valence-corrected chi connectivity index (χ1v) is 27.7. The lowest BCUT2D eigenvalue weighted by Gasteiger charge is -2.24. The zero-order valence-electron chi connectivity index (χ0n) is 41.8. The molecular formula is C53H101NO8P+. The van der Waals surface area contributed by atoms with Gasteiger partial charge in [-0.25, -0.2) is 4.57 Å². The number of carbonyl (C=O) groups excluding carboxylic acids is 2. The second-order valence-corrected chi connectivity index (χ2v) is 20.4. The van der Waals surface area contributed by atoms with E-state index in [0.717, 1.165) is 57.8 Å². The summed E-state index contributed by atoms with van der Waals surface area (Å²) in [6, 6.07) is 0. The molecule has 0 bridgehead atoms. The maximum atomic E-state index is 12.8. The summed E-state index contributed by atoms with van der Waals surface area (Å²) in [7, 11) is 1.48. The molecule has 9 nitrogen and oxygen atoms in total. The van der Waals surface area contributed by atoms with Gasteiger partial charge >= 0.3 is 19.8 Å². The molecule has 0 saturated heterocycles. The fraction of sp³-hybridized carbons (Fsp3) is 0.849. The predicted molar refractivity (Wildman–Crippen MR) is 266 cm³/mol. The number of carbonyl (C=O) groups is 2. The van der Waals surface area contributed by atoms with Gasteiger partial charge < -0.3 is 18.9 Å². The Hall–Kier alpha value is -1.77. The van der Waals surface area contributed by atoms with Crippen LogP contribution in [-0.4, -0.2) is 74.9 Å². The van der Waals surface area contributed by atoms with Crippen molar-refractivity contribution in [2.75, 3.05) is 47.5 Å². The highest BCUT2D eigenvalue weighted by Gasteiger charge is 2.27. The first kappa shape index (κ1) is 61.2. The van der Waals surface area contributed by atoms with Crippen LogP contribution in [0.25, 0.3) is 0 Å². The fourth-order valence-electron chi connectivity index (χ4n) is 7.32. The summed E-state index contributed by atoms with van der Waals surface area (Å²) in [4.78, 5) is 35.6. The molecule has 0 amide bonds. The minimum atomic E-state index is -4.38. The highest BCUT2D eigenvalue weighted by Crippen LogP contribution is 2.43. The minimum absolute atomic E-state index is 0.0311. The Bertz CT molecular complexity index is 1170. The van der Waals surface area contributed by atoms with Crippen LogP contribution in [0, 0.1) is 0 Å². The van der Waals surface area contributed by atoms with Crippen molar-refractivity contribution in [3.8, 4) is 0 Å². The van der Waals surface area contributed by atoms with E-state index in [1.54, 1.807) is 0 Å². The van der Waals surface area contributed by atoms with Gasteiger partial charge in [-0.2, -0.15) is 0 Å². The number of ether oxygens (including phenoxy) is 2. The Kier molecular flexibility index (Phi) is 44.1. The molecule has 0 saturated carbocycles. The summed E-state index contributed by atoms with van der Waals surface area (Å²) >= 11 is 0. The first-order chi connectivity index (χ1) is 30.5. The average Bonchev–Trinajstić information content (AvgIpc) is 3.24. The minimum Gasteiger partial charge on any atom is -0.462 e. The van der Waals surface area contributed by atoms with Gasteiger partial charge in [0.05, 0.1) is 27.7 Å². The van der Waals surface area contributed by atoms with E-state index in [1.165, 1.54) is 148 Å². The third-order valence-electron chi connectivity index (χ3n) is 11.4. The largest absolute Gasteiger partial charge is 0.472 e. The van der Waals surface area contributed by atoms with Crippen molar-refractivity contribution >= 4 is 19.8 Å². The average molecular weight is 911 g/mol. The molecule has 10 heteroatoms. The molecular weight excluding hydrogens is 810 g/mol. The van der Waals surface area contributed by atoms with E-state index in [4.69, 9.17) is 18.5 Å². The maximum absolute atomic E-state index is 12.8. The molecule has 1 N–H and O–H groups in total. The van der Waals surface area contributed by atoms with Gasteiger partial charge in [-0.1, -0.05) is 211 Å². The summed E-state index contributed by atoms with van der Waals surface area (Å²) in [5, 5.41) is 0. The molecule has 0 aliphatic heterocycles. The lowest BCUT2D eigenvalue weighted by atomic mass is 10.0. The van der Waals surface area contributed by atoms with Crippen LogP contribution in [0.15, 0.2) is 36.5 Å². The van der Waals surface area contributed by atoms with Crippen LogP contribution >= 0.6 is 7.82 Å². The number of quaternary nitrogens is 1. The molecule has 370 valence electrons. The third kappa shape index (κ3) is 49.5. The van der Waals surface area contributed by atoms with Crippen molar-refractivity contribution in [1.82, 2.24) is 0 Å². The second kappa shape index (κ2) is 45.4. The van der Waals surface area contributed by atoms with E-state index in [9.17, 15) is 19.0 Å². The van der Waals surface area contributed by atoms with Crippen LogP contribution in [0.5, 0.6) is 0 Å². The summed E-state index contributed by atoms with van der Waals surface area (Å²) in [6.07, 6.45) is 53.3. The van der Waals surface area contributed by atoms with Gasteiger partial charge in [-0.15, -0.1) is 0 Å². The zero-order valence-corrected chi connectivity index (χ0v) is 42.7. The summed E-state index contributed by atoms with van der Waals surface area (Å²) in [6.45, 7) is 4.44. The number of allylic oxidation sites excluding steroid dienone is 6. The lowest BCUT2D eigenvalue weighted by Crippen LogP contribution is -2.37. The van der Waals surface area contributed by atoms with Crippen molar-refractivity contribution in [2.24, 2.45) is 0 Å². The Labute approximate surface area is 389 Å². The summed E-state index contributed by atoms with van der Waals surface area (Å²) in [5.74, 6) is -0.797. The number of phosphoric ester groups is 1. The number of hydrogen-bond donors (Lipinski definition) is 1. The third-order valence-corrected chi connectivity index (χ3v) is 12.4. The van der Waals surface area contributed by atoms with Gasteiger partial charge in [-0.05, 0) is 51.4 Å². The number of hydrogen-bond acceptors (Lipinski definition) is 7. The molecule has 0 aromatic rings. The van der Waals surface area contributed by atoms with E-state index < -0.39 is 26.5 Å². The van der Waals surface area contributed by atoms with Crippen LogP contribution in [0.2, 0.25) is 0 Å². The standard InChI is InChI=1S/C53H100NO8P/c1-6-8-10-12-14-16-18-20-22-24-25-26-27-28-29-30-32-34-36-38-40-42-44-46-53(56)62-51(50-61-63(57,58)60-48-47-54(3,4)5)49-59-52(55)45-43-41-39-37-35-33-31-23-21-19-17-15-13-11-9-7-2/h18,20,24-25,27-28,51H,6-17,19,21-23,26,29-50H2,1-5H3/p+1/b20-18-,25-24-,28-27-. The molecule has 0 rings (SSSR count). The predicted octanol–water partition coefficient (Wildman–Crippen LogP) is 15.6. The molecule has 63 heavy (non-hydrogen) atoms. The van der Waals surface area contributed by atoms with Gasteiger partial charge in [0.15, 0.2) is 6.10 Å². The molecule has 0 aromatic carbocycles. The van der Waals surface area contributed by atoms with Gasteiger partial charge in [0.1, 0.15) is 19.8 Å². The Morgan fingerprint density at radius 2 is 0.857 bits per heavy atom. The molecule has 0 aliphatic carbocycles. The molecule has 0 spiro atoms. The molecule has 0 heterocycles. The topological polar surface area (TPSA) is 108 Å². The van der Waals surface area contributed by atoms with Crippen molar-refractivity contribution in [2.45, 2.75) is 245 Å². The molecule has 0 aromatic heterocycles. The van der Waals surface area contributed by atoms with E-state index in [2.05, 4.69) is 50.3 Å².